The van der Waals surface area contributed by atoms with Crippen molar-refractivity contribution < 1.29 is 8.78 Å². The molecule has 0 unspecified atom stereocenters. The molecule has 2 aromatic rings. The normalized spacial score (nSPS) is 11.4. The highest BCUT2D eigenvalue weighted by Crippen LogP contribution is 2.37. The zero-order valence-electron chi connectivity index (χ0n) is 7.55. The van der Waals surface area contributed by atoms with Crippen LogP contribution >= 0.6 is 11.3 Å². The Hall–Kier alpha value is -1.16. The van der Waals surface area contributed by atoms with Gasteiger partial charge in [0.05, 0.1) is 0 Å². The van der Waals surface area contributed by atoms with Crippen molar-refractivity contribution in [1.82, 2.24) is 0 Å². The highest BCUT2D eigenvalue weighted by atomic mass is 32.1. The van der Waals surface area contributed by atoms with Gasteiger partial charge in [-0.2, -0.15) is 0 Å². The van der Waals surface area contributed by atoms with E-state index in [0.29, 0.717) is 11.1 Å². The molecule has 0 atom stereocenters. The van der Waals surface area contributed by atoms with Gasteiger partial charge < -0.3 is 5.73 Å². The van der Waals surface area contributed by atoms with Crippen molar-refractivity contribution in [2.45, 2.75) is 13.3 Å². The first-order valence-electron chi connectivity index (χ1n) is 4.15. The summed E-state index contributed by atoms with van der Waals surface area (Å²) >= 11 is 1.32. The van der Waals surface area contributed by atoms with Gasteiger partial charge in [-0.15, -0.1) is 11.3 Å². The fourth-order valence-electron chi connectivity index (χ4n) is 1.49. The lowest BCUT2D eigenvalue weighted by Gasteiger charge is -2.02. The molecule has 4 heteroatoms. The maximum absolute atomic E-state index is 12.6. The molecule has 1 aromatic heterocycles. The van der Waals surface area contributed by atoms with Crippen LogP contribution in [0.15, 0.2) is 17.5 Å². The Labute approximate surface area is 84.2 Å². The van der Waals surface area contributed by atoms with E-state index in [9.17, 15) is 8.78 Å². The van der Waals surface area contributed by atoms with Crippen molar-refractivity contribution in [2.75, 3.05) is 5.73 Å². The monoisotopic (exact) mass is 213 g/mol. The summed E-state index contributed by atoms with van der Waals surface area (Å²) in [6, 6.07) is 3.53. The second kappa shape index (κ2) is 3.20. The van der Waals surface area contributed by atoms with Gasteiger partial charge in [-0.1, -0.05) is 6.07 Å². The summed E-state index contributed by atoms with van der Waals surface area (Å²) < 4.78 is 26.0. The Morgan fingerprint density at radius 3 is 2.71 bits per heavy atom. The number of hydrogen-bond acceptors (Lipinski definition) is 2. The predicted molar refractivity (Wildman–Crippen MR) is 55.9 cm³/mol. The van der Waals surface area contributed by atoms with Gasteiger partial charge in [-0.25, -0.2) is 8.78 Å². The van der Waals surface area contributed by atoms with Gasteiger partial charge in [0.15, 0.2) is 0 Å². The molecule has 1 aromatic carbocycles. The highest BCUT2D eigenvalue weighted by Gasteiger charge is 2.16. The van der Waals surface area contributed by atoms with E-state index in [0.717, 1.165) is 10.3 Å². The van der Waals surface area contributed by atoms with Crippen LogP contribution in [0.2, 0.25) is 0 Å². The van der Waals surface area contributed by atoms with Crippen LogP contribution in [0.4, 0.5) is 14.5 Å². The molecular weight excluding hydrogens is 204 g/mol. The van der Waals surface area contributed by atoms with E-state index in [2.05, 4.69) is 0 Å². The molecule has 0 amide bonds. The second-order valence-corrected chi connectivity index (χ2v) is 4.05. The first-order chi connectivity index (χ1) is 6.61. The minimum absolute atomic E-state index is 0.0474. The molecule has 14 heavy (non-hydrogen) atoms. The smallest absolute Gasteiger partial charge is 0.265 e. The van der Waals surface area contributed by atoms with Crippen LogP contribution in [0.25, 0.3) is 10.1 Å². The first kappa shape index (κ1) is 9.40. The number of aryl methyl sites for hydroxylation is 1. The average molecular weight is 213 g/mol. The van der Waals surface area contributed by atoms with E-state index in [4.69, 9.17) is 5.73 Å². The number of alkyl halides is 2. The molecule has 0 aliphatic carbocycles. The Morgan fingerprint density at radius 2 is 2.07 bits per heavy atom. The molecule has 0 spiro atoms. The van der Waals surface area contributed by atoms with Crippen molar-refractivity contribution in [3.63, 3.8) is 0 Å². The molecule has 0 aliphatic rings. The van der Waals surface area contributed by atoms with Crippen LogP contribution in [0.3, 0.4) is 0 Å². The minimum atomic E-state index is -2.45. The number of halogens is 2. The topological polar surface area (TPSA) is 26.0 Å². The van der Waals surface area contributed by atoms with Crippen LogP contribution in [-0.2, 0) is 0 Å². The highest BCUT2D eigenvalue weighted by molar-refractivity contribution is 7.17. The third kappa shape index (κ3) is 1.26. The molecule has 0 fully saturated rings. The number of rotatable bonds is 1. The van der Waals surface area contributed by atoms with E-state index in [-0.39, 0.29) is 5.56 Å². The maximum Gasteiger partial charge on any atom is 0.265 e. The van der Waals surface area contributed by atoms with Gasteiger partial charge in [0.2, 0.25) is 0 Å². The third-order valence-electron chi connectivity index (χ3n) is 2.21. The van der Waals surface area contributed by atoms with E-state index in [1.165, 1.54) is 16.7 Å². The van der Waals surface area contributed by atoms with Crippen LogP contribution in [0.1, 0.15) is 17.6 Å². The van der Waals surface area contributed by atoms with Crippen LogP contribution in [-0.4, -0.2) is 0 Å². The quantitative estimate of drug-likeness (QED) is 0.717. The Morgan fingerprint density at radius 1 is 1.36 bits per heavy atom. The van der Waals surface area contributed by atoms with E-state index in [1.807, 2.05) is 13.0 Å². The zero-order valence-corrected chi connectivity index (χ0v) is 8.37. The van der Waals surface area contributed by atoms with E-state index < -0.39 is 6.43 Å². The van der Waals surface area contributed by atoms with Crippen molar-refractivity contribution in [3.05, 3.63) is 28.6 Å². The average Bonchev–Trinajstić information content (AvgIpc) is 2.56. The summed E-state index contributed by atoms with van der Waals surface area (Å²) in [5.74, 6) is 0. The molecule has 0 aliphatic heterocycles. The van der Waals surface area contributed by atoms with Gasteiger partial charge in [-0.3, -0.25) is 0 Å². The lowest BCUT2D eigenvalue weighted by molar-refractivity contribution is 0.153. The Balaban J connectivity index is 2.84. The van der Waals surface area contributed by atoms with Crippen LogP contribution in [0.5, 0.6) is 0 Å². The van der Waals surface area contributed by atoms with Crippen LogP contribution < -0.4 is 5.73 Å². The largest absolute Gasteiger partial charge is 0.398 e. The maximum atomic E-state index is 12.6. The lowest BCUT2D eigenvalue weighted by atomic mass is 10.1. The zero-order chi connectivity index (χ0) is 10.3. The SMILES string of the molecule is Cc1ccc(N)c2c(C(F)F)csc12. The summed E-state index contributed by atoms with van der Waals surface area (Å²) in [5, 5.41) is 2.00. The lowest BCUT2D eigenvalue weighted by Crippen LogP contribution is -1.89. The first-order valence-corrected chi connectivity index (χ1v) is 5.03. The third-order valence-corrected chi connectivity index (χ3v) is 3.35. The van der Waals surface area contributed by atoms with Gasteiger partial charge in [0, 0.05) is 26.7 Å². The number of benzene rings is 1. The number of nitrogens with two attached hydrogens (primary N) is 1. The van der Waals surface area contributed by atoms with Gasteiger partial charge in [-0.05, 0) is 18.6 Å². The number of anilines is 1. The predicted octanol–water partition coefficient (Wildman–Crippen LogP) is 3.73. The minimum Gasteiger partial charge on any atom is -0.398 e. The molecule has 74 valence electrons. The molecule has 0 saturated carbocycles. The summed E-state index contributed by atoms with van der Waals surface area (Å²) in [5.41, 5.74) is 7.15. The molecule has 2 N–H and O–H groups in total. The molecular formula is C10H9F2NS. The van der Waals surface area contributed by atoms with Crippen molar-refractivity contribution in [1.29, 1.82) is 0 Å². The number of hydrogen-bond donors (Lipinski definition) is 1. The number of nitrogen functional groups attached to an aromatic ring is 1. The van der Waals surface area contributed by atoms with E-state index >= 15 is 0 Å². The Bertz CT molecular complexity index is 476. The molecule has 0 bridgehead atoms. The number of fused-ring (bicyclic) bond motifs is 1. The summed E-state index contributed by atoms with van der Waals surface area (Å²) in [4.78, 5) is 0. The summed E-state index contributed by atoms with van der Waals surface area (Å²) in [6.07, 6.45) is -2.45. The van der Waals surface area contributed by atoms with Gasteiger partial charge in [0.25, 0.3) is 6.43 Å². The molecule has 0 radical (unpaired) electrons. The number of thiophene rings is 1. The van der Waals surface area contributed by atoms with Gasteiger partial charge >= 0.3 is 0 Å². The molecule has 0 saturated heterocycles. The van der Waals surface area contributed by atoms with Crippen molar-refractivity contribution in [2.24, 2.45) is 0 Å². The second-order valence-electron chi connectivity index (χ2n) is 3.17. The fraction of sp³-hybridized carbons (Fsp3) is 0.200. The Kier molecular flexibility index (Phi) is 2.15. The van der Waals surface area contributed by atoms with Crippen molar-refractivity contribution in [3.8, 4) is 0 Å². The molecule has 2 rings (SSSR count). The molecule has 1 heterocycles. The summed E-state index contributed by atoms with van der Waals surface area (Å²) in [7, 11) is 0. The summed E-state index contributed by atoms with van der Waals surface area (Å²) in [6.45, 7) is 1.90. The standard InChI is InChI=1S/C10H9F2NS/c1-5-2-3-7(13)8-6(10(11)12)4-14-9(5)8/h2-4,10H,13H2,1H3. The van der Waals surface area contributed by atoms with Crippen molar-refractivity contribution >= 4 is 27.1 Å². The van der Waals surface area contributed by atoms with E-state index in [1.54, 1.807) is 6.07 Å². The fourth-order valence-corrected chi connectivity index (χ4v) is 2.57. The van der Waals surface area contributed by atoms with Gasteiger partial charge in [0.1, 0.15) is 0 Å². The van der Waals surface area contributed by atoms with Crippen LogP contribution in [0, 0.1) is 6.92 Å². The molecule has 1 nitrogen and oxygen atoms in total.